The lowest BCUT2D eigenvalue weighted by Gasteiger charge is -2.57. The molecule has 0 aliphatic heterocycles. The Balaban J connectivity index is 1.20. The topological polar surface area (TPSA) is 50.9 Å². The van der Waals surface area contributed by atoms with Crippen LogP contribution in [-0.2, 0) is 17.8 Å². The van der Waals surface area contributed by atoms with E-state index in [4.69, 9.17) is 9.25 Å². The molecule has 5 atom stereocenters. The van der Waals surface area contributed by atoms with Gasteiger partial charge in [0.05, 0.1) is 24.9 Å². The van der Waals surface area contributed by atoms with Crippen molar-refractivity contribution in [2.24, 2.45) is 33.7 Å². The minimum Gasteiger partial charge on any atom is -0.444 e. The largest absolute Gasteiger partial charge is 0.444 e. The fourth-order valence-corrected chi connectivity index (χ4v) is 7.66. The molecule has 0 aromatic carbocycles. The molecular formula is C28H41N3O2. The van der Waals surface area contributed by atoms with Crippen LogP contribution in [0.4, 0.5) is 0 Å². The van der Waals surface area contributed by atoms with Crippen LogP contribution < -0.4 is 0 Å². The molecule has 4 aliphatic carbocycles. The standard InChI is InChI=1S/C28H41N3O2/c1-19-6-9-24-23-8-7-20-16-21(10-13-28(20,3)25(23)11-14-27(19,24)2)30-32-15-12-26-29-17-22(33-26)18-31(4)5/h16-17,23-25H,1,6-15,18H2,2-5H3/t23?,24?,25?,27-,28+/m1/s1. The molecule has 33 heavy (non-hydrogen) atoms. The number of hydrogen-bond acceptors (Lipinski definition) is 5. The third kappa shape index (κ3) is 4.11. The first-order chi connectivity index (χ1) is 15.8. The van der Waals surface area contributed by atoms with E-state index in [2.05, 4.69) is 41.5 Å². The first-order valence-electron chi connectivity index (χ1n) is 13.0. The van der Waals surface area contributed by atoms with Crippen LogP contribution in [0.15, 0.2) is 39.6 Å². The number of oxime groups is 1. The molecule has 0 spiro atoms. The number of rotatable bonds is 6. The minimum absolute atomic E-state index is 0.341. The van der Waals surface area contributed by atoms with Crippen molar-refractivity contribution < 1.29 is 9.25 Å². The first-order valence-corrected chi connectivity index (χ1v) is 13.0. The van der Waals surface area contributed by atoms with Gasteiger partial charge in [-0.15, -0.1) is 0 Å². The van der Waals surface area contributed by atoms with E-state index in [9.17, 15) is 0 Å². The Kier molecular flexibility index (Phi) is 6.05. The Hall–Kier alpha value is -1.88. The third-order valence-electron chi connectivity index (χ3n) is 9.59. The first kappa shape index (κ1) is 22.9. The van der Waals surface area contributed by atoms with Crippen molar-refractivity contribution in [2.75, 3.05) is 20.7 Å². The van der Waals surface area contributed by atoms with E-state index in [0.717, 1.165) is 48.1 Å². The molecule has 3 fully saturated rings. The number of hydrogen-bond donors (Lipinski definition) is 0. The Labute approximate surface area is 199 Å². The molecule has 1 aromatic rings. The Morgan fingerprint density at radius 3 is 2.76 bits per heavy atom. The number of aromatic nitrogens is 1. The molecule has 5 rings (SSSR count). The second-order valence-electron chi connectivity index (χ2n) is 11.7. The highest BCUT2D eigenvalue weighted by molar-refractivity contribution is 5.96. The van der Waals surface area contributed by atoms with Crippen LogP contribution in [-0.4, -0.2) is 36.3 Å². The summed E-state index contributed by atoms with van der Waals surface area (Å²) in [5.41, 5.74) is 5.01. The quantitative estimate of drug-likeness (QED) is 0.295. The Morgan fingerprint density at radius 1 is 1.12 bits per heavy atom. The lowest BCUT2D eigenvalue weighted by atomic mass is 9.47. The van der Waals surface area contributed by atoms with Crippen LogP contribution in [0.2, 0.25) is 0 Å². The fraction of sp³-hybridized carbons (Fsp3) is 0.714. The van der Waals surface area contributed by atoms with Gasteiger partial charge in [-0.3, -0.25) is 0 Å². The van der Waals surface area contributed by atoms with E-state index in [1.807, 2.05) is 14.1 Å². The number of oxazole rings is 1. The van der Waals surface area contributed by atoms with Crippen LogP contribution in [0.25, 0.3) is 0 Å². The van der Waals surface area contributed by atoms with Crippen molar-refractivity contribution in [3.63, 3.8) is 0 Å². The molecular weight excluding hydrogens is 410 g/mol. The summed E-state index contributed by atoms with van der Waals surface area (Å²) in [6.07, 6.45) is 14.9. The molecule has 4 aliphatic rings. The summed E-state index contributed by atoms with van der Waals surface area (Å²) in [7, 11) is 4.04. The normalized spacial score (nSPS) is 37.0. The lowest BCUT2D eigenvalue weighted by Crippen LogP contribution is -2.49. The van der Waals surface area contributed by atoms with Crippen LogP contribution in [0.5, 0.6) is 0 Å². The number of fused-ring (bicyclic) bond motifs is 5. The van der Waals surface area contributed by atoms with Gasteiger partial charge in [-0.1, -0.05) is 36.7 Å². The average molecular weight is 452 g/mol. The van der Waals surface area contributed by atoms with Crippen molar-refractivity contribution in [1.29, 1.82) is 0 Å². The molecule has 3 saturated carbocycles. The van der Waals surface area contributed by atoms with E-state index >= 15 is 0 Å². The summed E-state index contributed by atoms with van der Waals surface area (Å²) >= 11 is 0. The Bertz CT molecular complexity index is 960. The van der Waals surface area contributed by atoms with Gasteiger partial charge >= 0.3 is 0 Å². The van der Waals surface area contributed by atoms with Crippen molar-refractivity contribution in [3.8, 4) is 0 Å². The second-order valence-corrected chi connectivity index (χ2v) is 11.7. The summed E-state index contributed by atoms with van der Waals surface area (Å²) in [4.78, 5) is 12.1. The van der Waals surface area contributed by atoms with E-state index in [-0.39, 0.29) is 0 Å². The molecule has 0 bridgehead atoms. The molecule has 180 valence electrons. The summed E-state index contributed by atoms with van der Waals surface area (Å²) < 4.78 is 5.77. The van der Waals surface area contributed by atoms with Crippen LogP contribution in [0.1, 0.15) is 76.9 Å². The SMILES string of the molecule is C=C1CCC2C3CCC4=CC(=NOCCc5ncc(CN(C)C)o5)CC[C@]4(C)C3CC[C@]12C. The van der Waals surface area contributed by atoms with E-state index in [1.54, 1.807) is 11.8 Å². The van der Waals surface area contributed by atoms with Crippen molar-refractivity contribution in [1.82, 2.24) is 9.88 Å². The third-order valence-corrected chi connectivity index (χ3v) is 9.59. The van der Waals surface area contributed by atoms with Crippen LogP contribution in [0.3, 0.4) is 0 Å². The molecule has 1 heterocycles. The lowest BCUT2D eigenvalue weighted by molar-refractivity contribution is -0.0226. The predicted octanol–water partition coefficient (Wildman–Crippen LogP) is 6.17. The molecule has 3 unspecified atom stereocenters. The number of nitrogens with zero attached hydrogens (tertiary/aromatic N) is 3. The summed E-state index contributed by atoms with van der Waals surface area (Å²) in [6.45, 7) is 10.8. The van der Waals surface area contributed by atoms with Crippen molar-refractivity contribution in [3.05, 3.63) is 41.6 Å². The number of allylic oxidation sites excluding steroid dienone is 3. The zero-order chi connectivity index (χ0) is 23.2. The summed E-state index contributed by atoms with van der Waals surface area (Å²) in [5, 5.41) is 4.50. The molecule has 5 nitrogen and oxygen atoms in total. The second kappa shape index (κ2) is 8.72. The van der Waals surface area contributed by atoms with Gasteiger partial charge in [-0.25, -0.2) is 4.98 Å². The molecule has 0 amide bonds. The maximum Gasteiger partial charge on any atom is 0.197 e. The molecule has 1 aromatic heterocycles. The molecule has 0 saturated heterocycles. The van der Waals surface area contributed by atoms with Crippen LogP contribution >= 0.6 is 0 Å². The van der Waals surface area contributed by atoms with E-state index in [1.165, 1.54) is 50.5 Å². The smallest absolute Gasteiger partial charge is 0.197 e. The summed E-state index contributed by atoms with van der Waals surface area (Å²) in [6, 6.07) is 0. The fourth-order valence-electron chi connectivity index (χ4n) is 7.66. The highest BCUT2D eigenvalue weighted by Crippen LogP contribution is 2.66. The summed E-state index contributed by atoms with van der Waals surface area (Å²) in [5.74, 6) is 4.16. The van der Waals surface area contributed by atoms with Gasteiger partial charge in [0, 0.05) is 0 Å². The van der Waals surface area contributed by atoms with Gasteiger partial charge < -0.3 is 14.2 Å². The minimum atomic E-state index is 0.341. The van der Waals surface area contributed by atoms with Gasteiger partial charge in [0.15, 0.2) is 5.89 Å². The van der Waals surface area contributed by atoms with Gasteiger partial charge in [0.2, 0.25) is 0 Å². The van der Waals surface area contributed by atoms with E-state index < -0.39 is 0 Å². The average Bonchev–Trinajstić information content (AvgIpc) is 3.34. The molecule has 0 N–H and O–H groups in total. The van der Waals surface area contributed by atoms with E-state index in [0.29, 0.717) is 23.9 Å². The van der Waals surface area contributed by atoms with Crippen molar-refractivity contribution >= 4 is 5.71 Å². The maximum atomic E-state index is 5.77. The van der Waals surface area contributed by atoms with Gasteiger partial charge in [0.1, 0.15) is 12.4 Å². The zero-order valence-electron chi connectivity index (χ0n) is 21.0. The molecule has 5 heteroatoms. The Morgan fingerprint density at radius 2 is 1.94 bits per heavy atom. The van der Waals surface area contributed by atoms with Crippen LogP contribution in [0, 0.1) is 28.6 Å². The van der Waals surface area contributed by atoms with Gasteiger partial charge in [0.25, 0.3) is 0 Å². The monoisotopic (exact) mass is 451 g/mol. The van der Waals surface area contributed by atoms with Crippen molar-refractivity contribution in [2.45, 2.75) is 78.2 Å². The van der Waals surface area contributed by atoms with Gasteiger partial charge in [-0.05, 0) is 100 Å². The highest BCUT2D eigenvalue weighted by atomic mass is 16.6. The zero-order valence-corrected chi connectivity index (χ0v) is 21.0. The highest BCUT2D eigenvalue weighted by Gasteiger charge is 2.57. The maximum absolute atomic E-state index is 5.77. The molecule has 0 radical (unpaired) electrons. The van der Waals surface area contributed by atoms with Gasteiger partial charge in [-0.2, -0.15) is 0 Å². The predicted molar refractivity (Wildman–Crippen MR) is 132 cm³/mol.